The largest absolute Gasteiger partial charge is 0.378 e. The predicted molar refractivity (Wildman–Crippen MR) is 85.6 cm³/mol. The summed E-state index contributed by atoms with van der Waals surface area (Å²) in [4.78, 5) is 27.8. The molecule has 0 fully saturated rings. The number of hydrogen-bond donors (Lipinski definition) is 1. The molecule has 21 heavy (non-hydrogen) atoms. The first-order valence-corrected chi connectivity index (χ1v) is 7.21. The molecular formula is C16H25N3O2. The SMILES string of the molecule is CCN(CC(=O)NC(C)C)C(=O)c1cccc(N(C)C)c1. The van der Waals surface area contributed by atoms with Gasteiger partial charge in [-0.2, -0.15) is 0 Å². The number of hydrogen-bond acceptors (Lipinski definition) is 3. The van der Waals surface area contributed by atoms with Gasteiger partial charge in [0.1, 0.15) is 0 Å². The minimum atomic E-state index is -0.135. The molecule has 0 saturated carbocycles. The van der Waals surface area contributed by atoms with Crippen molar-refractivity contribution in [2.75, 3.05) is 32.1 Å². The van der Waals surface area contributed by atoms with Crippen LogP contribution in [-0.2, 0) is 4.79 Å². The molecule has 0 spiro atoms. The number of nitrogens with one attached hydrogen (secondary N) is 1. The Hall–Kier alpha value is -2.04. The summed E-state index contributed by atoms with van der Waals surface area (Å²) < 4.78 is 0. The maximum absolute atomic E-state index is 12.5. The summed E-state index contributed by atoms with van der Waals surface area (Å²) in [5, 5.41) is 2.80. The van der Waals surface area contributed by atoms with E-state index in [1.807, 2.05) is 58.0 Å². The normalized spacial score (nSPS) is 10.4. The minimum Gasteiger partial charge on any atom is -0.378 e. The highest BCUT2D eigenvalue weighted by molar-refractivity contribution is 5.97. The fourth-order valence-electron chi connectivity index (χ4n) is 1.97. The molecule has 1 aromatic carbocycles. The van der Waals surface area contributed by atoms with E-state index in [4.69, 9.17) is 0 Å². The lowest BCUT2D eigenvalue weighted by atomic mass is 10.1. The van der Waals surface area contributed by atoms with Gasteiger partial charge in [0.25, 0.3) is 5.91 Å². The maximum Gasteiger partial charge on any atom is 0.254 e. The summed E-state index contributed by atoms with van der Waals surface area (Å²) in [5.41, 5.74) is 1.56. The number of nitrogens with zero attached hydrogens (tertiary/aromatic N) is 2. The lowest BCUT2D eigenvalue weighted by Crippen LogP contribution is -2.42. The molecule has 0 atom stereocenters. The molecule has 0 bridgehead atoms. The number of likely N-dealkylation sites (N-methyl/N-ethyl adjacent to an activating group) is 1. The van der Waals surface area contributed by atoms with Gasteiger partial charge in [0.05, 0.1) is 6.54 Å². The smallest absolute Gasteiger partial charge is 0.254 e. The number of carbonyl (C=O) groups is 2. The molecule has 0 radical (unpaired) electrons. The summed E-state index contributed by atoms with van der Waals surface area (Å²) >= 11 is 0. The van der Waals surface area contributed by atoms with Crippen molar-refractivity contribution in [3.8, 4) is 0 Å². The van der Waals surface area contributed by atoms with Gasteiger partial charge in [0.2, 0.25) is 5.91 Å². The van der Waals surface area contributed by atoms with E-state index in [0.29, 0.717) is 12.1 Å². The van der Waals surface area contributed by atoms with Crippen LogP contribution in [0.25, 0.3) is 0 Å². The van der Waals surface area contributed by atoms with Crippen molar-refractivity contribution in [2.45, 2.75) is 26.8 Å². The van der Waals surface area contributed by atoms with Crippen LogP contribution >= 0.6 is 0 Å². The zero-order valence-electron chi connectivity index (χ0n) is 13.5. The van der Waals surface area contributed by atoms with Crippen LogP contribution < -0.4 is 10.2 Å². The molecule has 1 N–H and O–H groups in total. The summed E-state index contributed by atoms with van der Waals surface area (Å²) in [6, 6.07) is 7.48. The van der Waals surface area contributed by atoms with Gasteiger partial charge in [0.15, 0.2) is 0 Å². The van der Waals surface area contributed by atoms with Crippen LogP contribution in [0.3, 0.4) is 0 Å². The predicted octanol–water partition coefficient (Wildman–Crippen LogP) is 1.74. The van der Waals surface area contributed by atoms with E-state index in [-0.39, 0.29) is 24.4 Å². The molecule has 2 amide bonds. The molecule has 0 saturated heterocycles. The zero-order chi connectivity index (χ0) is 16.0. The van der Waals surface area contributed by atoms with E-state index in [0.717, 1.165) is 5.69 Å². The molecule has 5 nitrogen and oxygen atoms in total. The molecule has 1 rings (SSSR count). The first kappa shape index (κ1) is 17.0. The number of amides is 2. The minimum absolute atomic E-state index is 0.0726. The molecule has 1 aromatic rings. The lowest BCUT2D eigenvalue weighted by Gasteiger charge is -2.22. The molecule has 116 valence electrons. The van der Waals surface area contributed by atoms with Crippen molar-refractivity contribution in [3.63, 3.8) is 0 Å². The van der Waals surface area contributed by atoms with E-state index in [2.05, 4.69) is 5.32 Å². The molecule has 5 heteroatoms. The average molecular weight is 291 g/mol. The summed E-state index contributed by atoms with van der Waals surface area (Å²) in [6.07, 6.45) is 0. The Kier molecular flexibility index (Phi) is 6.21. The van der Waals surface area contributed by atoms with Gasteiger partial charge in [-0.15, -0.1) is 0 Å². The standard InChI is InChI=1S/C16H25N3O2/c1-6-19(11-15(20)17-12(2)3)16(21)13-8-7-9-14(10-13)18(4)5/h7-10,12H,6,11H2,1-5H3,(H,17,20). The van der Waals surface area contributed by atoms with Gasteiger partial charge in [-0.3, -0.25) is 9.59 Å². The van der Waals surface area contributed by atoms with Crippen molar-refractivity contribution in [1.82, 2.24) is 10.2 Å². The summed E-state index contributed by atoms with van der Waals surface area (Å²) in [7, 11) is 3.86. The zero-order valence-corrected chi connectivity index (χ0v) is 13.5. The molecular weight excluding hydrogens is 266 g/mol. The maximum atomic E-state index is 12.5. The highest BCUT2D eigenvalue weighted by Gasteiger charge is 2.18. The van der Waals surface area contributed by atoms with Gasteiger partial charge in [-0.1, -0.05) is 6.07 Å². The molecule has 0 aliphatic carbocycles. The first-order chi connectivity index (χ1) is 9.85. The summed E-state index contributed by atoms with van der Waals surface area (Å²) in [6.45, 7) is 6.25. The third-order valence-corrected chi connectivity index (χ3v) is 3.06. The van der Waals surface area contributed by atoms with Crippen LogP contribution in [0.5, 0.6) is 0 Å². The van der Waals surface area contributed by atoms with Crippen molar-refractivity contribution >= 4 is 17.5 Å². The van der Waals surface area contributed by atoms with Crippen molar-refractivity contribution in [2.24, 2.45) is 0 Å². The third-order valence-electron chi connectivity index (χ3n) is 3.06. The van der Waals surface area contributed by atoms with Crippen LogP contribution in [0, 0.1) is 0 Å². The average Bonchev–Trinajstić information content (AvgIpc) is 2.43. The van der Waals surface area contributed by atoms with Gasteiger partial charge in [-0.25, -0.2) is 0 Å². The highest BCUT2D eigenvalue weighted by Crippen LogP contribution is 2.15. The first-order valence-electron chi connectivity index (χ1n) is 7.21. The summed E-state index contributed by atoms with van der Waals surface area (Å²) in [5.74, 6) is -0.260. The Morgan fingerprint density at radius 1 is 1.24 bits per heavy atom. The Labute approximate surface area is 126 Å². The van der Waals surface area contributed by atoms with Gasteiger partial charge in [0, 0.05) is 37.9 Å². The lowest BCUT2D eigenvalue weighted by molar-refractivity contribution is -0.122. The monoisotopic (exact) mass is 291 g/mol. The third kappa shape index (κ3) is 5.10. The molecule has 0 heterocycles. The van der Waals surface area contributed by atoms with Crippen LogP contribution in [0.15, 0.2) is 24.3 Å². The van der Waals surface area contributed by atoms with E-state index >= 15 is 0 Å². The van der Waals surface area contributed by atoms with Crippen LogP contribution in [-0.4, -0.2) is 49.9 Å². The van der Waals surface area contributed by atoms with Crippen LogP contribution in [0.4, 0.5) is 5.69 Å². The van der Waals surface area contributed by atoms with Crippen molar-refractivity contribution < 1.29 is 9.59 Å². The van der Waals surface area contributed by atoms with Gasteiger partial charge in [-0.05, 0) is 39.0 Å². The van der Waals surface area contributed by atoms with Crippen molar-refractivity contribution in [1.29, 1.82) is 0 Å². The Morgan fingerprint density at radius 2 is 1.90 bits per heavy atom. The second-order valence-corrected chi connectivity index (χ2v) is 5.49. The van der Waals surface area contributed by atoms with Gasteiger partial charge < -0.3 is 15.1 Å². The van der Waals surface area contributed by atoms with E-state index < -0.39 is 0 Å². The molecule has 0 aliphatic heterocycles. The van der Waals surface area contributed by atoms with E-state index in [1.165, 1.54) is 0 Å². The Morgan fingerprint density at radius 3 is 2.43 bits per heavy atom. The fraction of sp³-hybridized carbons (Fsp3) is 0.500. The number of benzene rings is 1. The Balaban J connectivity index is 2.83. The van der Waals surface area contributed by atoms with E-state index in [9.17, 15) is 9.59 Å². The highest BCUT2D eigenvalue weighted by atomic mass is 16.2. The topological polar surface area (TPSA) is 52.7 Å². The second-order valence-electron chi connectivity index (χ2n) is 5.49. The number of anilines is 1. The van der Waals surface area contributed by atoms with Crippen LogP contribution in [0.1, 0.15) is 31.1 Å². The Bertz CT molecular complexity index is 498. The number of rotatable bonds is 6. The van der Waals surface area contributed by atoms with Gasteiger partial charge >= 0.3 is 0 Å². The molecule has 0 aromatic heterocycles. The van der Waals surface area contributed by atoms with Crippen LogP contribution in [0.2, 0.25) is 0 Å². The van der Waals surface area contributed by atoms with E-state index in [1.54, 1.807) is 11.0 Å². The fourth-order valence-corrected chi connectivity index (χ4v) is 1.97. The van der Waals surface area contributed by atoms with Crippen molar-refractivity contribution in [3.05, 3.63) is 29.8 Å². The second kappa shape index (κ2) is 7.67. The number of carbonyl (C=O) groups excluding carboxylic acids is 2. The quantitative estimate of drug-likeness (QED) is 0.868. The molecule has 0 unspecified atom stereocenters. The molecule has 0 aliphatic rings.